The summed E-state index contributed by atoms with van der Waals surface area (Å²) < 4.78 is 10.1. The summed E-state index contributed by atoms with van der Waals surface area (Å²) in [5, 5.41) is 19.0. The van der Waals surface area contributed by atoms with Gasteiger partial charge in [0, 0.05) is 39.3 Å². The summed E-state index contributed by atoms with van der Waals surface area (Å²) in [4.78, 5) is 57.5. The fourth-order valence-electron chi connectivity index (χ4n) is 3.87. The molecule has 1 aliphatic rings. The van der Waals surface area contributed by atoms with Gasteiger partial charge in [0.1, 0.15) is 6.04 Å². The Bertz CT molecular complexity index is 832. The number of carbonyl (C=O) groups is 4. The van der Waals surface area contributed by atoms with Crippen LogP contribution < -0.4 is 0 Å². The smallest absolute Gasteiger partial charge is 0.321 e. The van der Waals surface area contributed by atoms with E-state index in [1.165, 1.54) is 0 Å². The third-order valence-corrected chi connectivity index (χ3v) is 5.45. The van der Waals surface area contributed by atoms with Gasteiger partial charge >= 0.3 is 23.9 Å². The topological polar surface area (TPSA) is 150 Å². The number of carbonyl (C=O) groups excluding carboxylic acids is 2. The molecule has 0 amide bonds. The number of nitrogens with zero attached hydrogens (tertiary/aromatic N) is 4. The summed E-state index contributed by atoms with van der Waals surface area (Å²) in [6.45, 7) is 5.46. The third-order valence-electron chi connectivity index (χ3n) is 5.45. The van der Waals surface area contributed by atoms with Crippen molar-refractivity contribution < 1.29 is 38.9 Å². The number of carboxylic acids is 2. The van der Waals surface area contributed by atoms with Crippen LogP contribution in [0, 0.1) is 0 Å². The maximum atomic E-state index is 12.2. The maximum absolute atomic E-state index is 12.2. The van der Waals surface area contributed by atoms with Crippen molar-refractivity contribution >= 4 is 23.9 Å². The highest BCUT2D eigenvalue weighted by Gasteiger charge is 2.29. The second kappa shape index (κ2) is 14.3. The predicted octanol–water partition coefficient (Wildman–Crippen LogP) is 0.0553. The monoisotopic (exact) mass is 494 g/mol. The molecular formula is C23H34N4O8. The Kier molecular flexibility index (Phi) is 11.5. The molecule has 194 valence electrons. The van der Waals surface area contributed by atoms with Crippen LogP contribution in [-0.2, 0) is 41.7 Å². The summed E-state index contributed by atoms with van der Waals surface area (Å²) >= 11 is 0. The van der Waals surface area contributed by atoms with E-state index in [-0.39, 0.29) is 52.5 Å². The highest BCUT2D eigenvalue weighted by molar-refractivity contribution is 5.80. The van der Waals surface area contributed by atoms with Crippen LogP contribution in [0.3, 0.4) is 0 Å². The van der Waals surface area contributed by atoms with Gasteiger partial charge < -0.3 is 19.7 Å². The fourth-order valence-corrected chi connectivity index (χ4v) is 3.87. The molecule has 1 atom stereocenters. The zero-order chi connectivity index (χ0) is 25.8. The first-order valence-electron chi connectivity index (χ1n) is 11.6. The second-order valence-electron chi connectivity index (χ2n) is 8.14. The van der Waals surface area contributed by atoms with E-state index in [0.29, 0.717) is 24.5 Å². The summed E-state index contributed by atoms with van der Waals surface area (Å²) in [6.07, 6.45) is -0.578. The standard InChI is InChI=1S/C23H34N4O8/c1-3-34-21(30)15-25-8-10-27(19(23(32)33)12-20(28)29)11-9-26(16-22(31)35-4-2)14-18-7-5-6-17(13-25)24-18/h5-7,19H,3-4,8-16H2,1-2H3,(H,28,29)(H,32,33). The molecule has 0 saturated carbocycles. The van der Waals surface area contributed by atoms with Crippen molar-refractivity contribution in [1.82, 2.24) is 19.7 Å². The van der Waals surface area contributed by atoms with Crippen LogP contribution in [0.4, 0.5) is 0 Å². The molecule has 2 heterocycles. The van der Waals surface area contributed by atoms with Crippen LogP contribution in [0.5, 0.6) is 0 Å². The molecule has 12 nitrogen and oxygen atoms in total. The lowest BCUT2D eigenvalue weighted by Gasteiger charge is -2.33. The zero-order valence-electron chi connectivity index (χ0n) is 20.2. The Morgan fingerprint density at radius 3 is 1.77 bits per heavy atom. The van der Waals surface area contributed by atoms with E-state index in [2.05, 4.69) is 4.98 Å². The Morgan fingerprint density at radius 1 is 0.886 bits per heavy atom. The Hall–Kier alpha value is -3.09. The van der Waals surface area contributed by atoms with Crippen molar-refractivity contribution in [1.29, 1.82) is 0 Å². The summed E-state index contributed by atoms with van der Waals surface area (Å²) in [7, 11) is 0. The zero-order valence-corrected chi connectivity index (χ0v) is 20.2. The van der Waals surface area contributed by atoms with Gasteiger partial charge in [0.2, 0.25) is 0 Å². The van der Waals surface area contributed by atoms with Gasteiger partial charge in [-0.15, -0.1) is 0 Å². The minimum Gasteiger partial charge on any atom is -0.481 e. The van der Waals surface area contributed by atoms with Crippen LogP contribution in [0.2, 0.25) is 0 Å². The highest BCUT2D eigenvalue weighted by atomic mass is 16.5. The van der Waals surface area contributed by atoms with Crippen molar-refractivity contribution in [3.63, 3.8) is 0 Å². The number of carboxylic acid groups (broad SMARTS) is 2. The molecule has 0 fully saturated rings. The largest absolute Gasteiger partial charge is 0.481 e. The number of pyridine rings is 1. The third kappa shape index (κ3) is 9.97. The SMILES string of the molecule is CCOC(=O)CN1CCN(C(CC(=O)O)C(=O)O)CCN(CC(=O)OCC)Cc2cccc(n2)C1. The van der Waals surface area contributed by atoms with E-state index < -0.39 is 36.3 Å². The number of hydrogen-bond acceptors (Lipinski definition) is 10. The molecule has 1 aliphatic heterocycles. The van der Waals surface area contributed by atoms with Crippen LogP contribution in [0.15, 0.2) is 18.2 Å². The number of esters is 2. The number of fused-ring (bicyclic) bond motifs is 2. The first kappa shape index (κ1) is 28.1. The lowest BCUT2D eigenvalue weighted by Crippen LogP contribution is -2.50. The number of rotatable bonds is 10. The van der Waals surface area contributed by atoms with E-state index in [1.54, 1.807) is 28.5 Å². The molecule has 1 aromatic rings. The molecule has 2 bridgehead atoms. The summed E-state index contributed by atoms with van der Waals surface area (Å²) in [5.41, 5.74) is 1.41. The molecule has 1 unspecified atom stereocenters. The Morgan fingerprint density at radius 2 is 1.37 bits per heavy atom. The predicted molar refractivity (Wildman–Crippen MR) is 123 cm³/mol. The lowest BCUT2D eigenvalue weighted by molar-refractivity contribution is -0.150. The number of ether oxygens (including phenoxy) is 2. The molecular weight excluding hydrogens is 460 g/mol. The van der Waals surface area contributed by atoms with Crippen LogP contribution in [-0.4, -0.2) is 112 Å². The van der Waals surface area contributed by atoms with Crippen LogP contribution >= 0.6 is 0 Å². The molecule has 2 N–H and O–H groups in total. The van der Waals surface area contributed by atoms with Crippen molar-refractivity contribution in [3.05, 3.63) is 29.6 Å². The van der Waals surface area contributed by atoms with E-state index in [4.69, 9.17) is 9.47 Å². The minimum atomic E-state index is -1.26. The molecule has 0 spiro atoms. The normalized spacial score (nSPS) is 17.0. The molecule has 0 aromatic carbocycles. The summed E-state index contributed by atoms with van der Waals surface area (Å²) in [6, 6.07) is 4.24. The molecule has 1 aromatic heterocycles. The van der Waals surface area contributed by atoms with Gasteiger partial charge in [0.05, 0.1) is 44.1 Å². The highest BCUT2D eigenvalue weighted by Crippen LogP contribution is 2.12. The molecule has 0 saturated heterocycles. The average molecular weight is 495 g/mol. The molecule has 12 heteroatoms. The minimum absolute atomic E-state index is 0.0146. The van der Waals surface area contributed by atoms with Crippen LogP contribution in [0.25, 0.3) is 0 Å². The van der Waals surface area contributed by atoms with E-state index in [0.717, 1.165) is 0 Å². The maximum Gasteiger partial charge on any atom is 0.321 e. The molecule has 0 radical (unpaired) electrons. The van der Waals surface area contributed by atoms with Crippen molar-refractivity contribution in [2.24, 2.45) is 0 Å². The van der Waals surface area contributed by atoms with Gasteiger partial charge in [-0.25, -0.2) is 0 Å². The van der Waals surface area contributed by atoms with Crippen molar-refractivity contribution in [2.45, 2.75) is 39.4 Å². The molecule has 2 rings (SSSR count). The summed E-state index contributed by atoms with van der Waals surface area (Å²) in [5.74, 6) is -3.30. The van der Waals surface area contributed by atoms with Gasteiger partial charge in [-0.2, -0.15) is 0 Å². The first-order chi connectivity index (χ1) is 16.7. The van der Waals surface area contributed by atoms with Crippen LogP contribution in [0.1, 0.15) is 31.7 Å². The van der Waals surface area contributed by atoms with E-state index in [9.17, 15) is 29.4 Å². The quantitative estimate of drug-likeness (QED) is 0.423. The fraction of sp³-hybridized carbons (Fsp3) is 0.609. The number of aromatic nitrogens is 1. The number of aliphatic carboxylic acids is 2. The van der Waals surface area contributed by atoms with Crippen molar-refractivity contribution in [2.75, 3.05) is 52.5 Å². The second-order valence-corrected chi connectivity index (χ2v) is 8.14. The Labute approximate surface area is 204 Å². The first-order valence-corrected chi connectivity index (χ1v) is 11.6. The molecule has 35 heavy (non-hydrogen) atoms. The van der Waals surface area contributed by atoms with Gasteiger partial charge in [0.25, 0.3) is 0 Å². The molecule has 0 aliphatic carbocycles. The average Bonchev–Trinajstić information content (AvgIpc) is 2.77. The van der Waals surface area contributed by atoms with Crippen molar-refractivity contribution in [3.8, 4) is 0 Å². The Balaban J connectivity index is 2.35. The number of hydrogen-bond donors (Lipinski definition) is 2. The van der Waals surface area contributed by atoms with E-state index in [1.807, 2.05) is 18.2 Å². The van der Waals surface area contributed by atoms with Gasteiger partial charge in [-0.1, -0.05) is 6.07 Å². The van der Waals surface area contributed by atoms with Gasteiger partial charge in [-0.3, -0.25) is 38.9 Å². The van der Waals surface area contributed by atoms with Gasteiger partial charge in [0.15, 0.2) is 0 Å². The lowest BCUT2D eigenvalue weighted by atomic mass is 10.1. The van der Waals surface area contributed by atoms with E-state index >= 15 is 0 Å². The van der Waals surface area contributed by atoms with Gasteiger partial charge in [-0.05, 0) is 26.0 Å².